The maximum Gasteiger partial charge on any atom is 0.306 e. The summed E-state index contributed by atoms with van der Waals surface area (Å²) in [5.74, 6) is -0.888. The van der Waals surface area contributed by atoms with Gasteiger partial charge in [0.15, 0.2) is 6.10 Å². The van der Waals surface area contributed by atoms with Crippen molar-refractivity contribution < 1.29 is 42.1 Å². The van der Waals surface area contributed by atoms with Crippen molar-refractivity contribution in [1.29, 1.82) is 0 Å². The third-order valence-corrected chi connectivity index (χ3v) is 12.3. The number of carbonyl (C=O) groups excluding carboxylic acids is 2. The van der Waals surface area contributed by atoms with Gasteiger partial charge in [0.2, 0.25) is 0 Å². The molecule has 0 aliphatic heterocycles. The number of unbranched alkanes of at least 4 members (excludes halogenated alkanes) is 12. The Morgan fingerprint density at radius 2 is 0.730 bits per heavy atom. The summed E-state index contributed by atoms with van der Waals surface area (Å²) in [7, 11) is 1.12. The van der Waals surface area contributed by atoms with Crippen LogP contribution in [0.15, 0.2) is 146 Å². The average Bonchev–Trinajstić information content (AvgIpc) is 3.36. The summed E-state index contributed by atoms with van der Waals surface area (Å²) in [5.41, 5.74) is 0. The van der Waals surface area contributed by atoms with Crippen LogP contribution in [0.5, 0.6) is 0 Å². The molecule has 0 aromatic heterocycles. The summed E-state index contributed by atoms with van der Waals surface area (Å²) in [6, 6.07) is 0. The van der Waals surface area contributed by atoms with Crippen LogP contribution in [0.4, 0.5) is 0 Å². The molecule has 2 atom stereocenters. The molecule has 0 radical (unpaired) electrons. The number of ether oxygens (including phenoxy) is 2. The second-order valence-corrected chi connectivity index (χ2v) is 20.9. The minimum Gasteiger partial charge on any atom is -0.756 e. The maximum atomic E-state index is 12.8. The first-order valence-electron chi connectivity index (χ1n) is 28.5. The Kier molecular flexibility index (Phi) is 50.7. The molecular formula is C64H104NO8P. The van der Waals surface area contributed by atoms with Crippen LogP contribution in [0.25, 0.3) is 0 Å². The van der Waals surface area contributed by atoms with Crippen molar-refractivity contribution in [2.75, 3.05) is 47.5 Å². The normalized spacial score (nSPS) is 14.4. The van der Waals surface area contributed by atoms with E-state index in [2.05, 4.69) is 160 Å². The van der Waals surface area contributed by atoms with Crippen molar-refractivity contribution in [1.82, 2.24) is 0 Å². The van der Waals surface area contributed by atoms with Gasteiger partial charge in [0.1, 0.15) is 19.8 Å². The number of likely N-dealkylation sites (N-methyl/N-ethyl adjacent to an activating group) is 1. The van der Waals surface area contributed by atoms with E-state index in [0.29, 0.717) is 23.9 Å². The van der Waals surface area contributed by atoms with Crippen LogP contribution in [0.3, 0.4) is 0 Å². The number of nitrogens with zero attached hydrogens (tertiary/aromatic N) is 1. The molecule has 0 saturated carbocycles. The van der Waals surface area contributed by atoms with Crippen molar-refractivity contribution >= 4 is 19.8 Å². The Morgan fingerprint density at radius 3 is 1.09 bits per heavy atom. The molecule has 0 spiro atoms. The van der Waals surface area contributed by atoms with Crippen LogP contribution < -0.4 is 4.89 Å². The third-order valence-electron chi connectivity index (χ3n) is 11.4. The maximum absolute atomic E-state index is 12.8. The molecular weight excluding hydrogens is 942 g/mol. The van der Waals surface area contributed by atoms with Gasteiger partial charge in [-0.2, -0.15) is 0 Å². The third kappa shape index (κ3) is 57.2. The minimum atomic E-state index is -4.65. The molecule has 10 heteroatoms. The Balaban J connectivity index is 4.15. The van der Waals surface area contributed by atoms with E-state index in [1.54, 1.807) is 0 Å². The number of hydrogen-bond donors (Lipinski definition) is 0. The topological polar surface area (TPSA) is 111 Å². The monoisotopic (exact) mass is 1050 g/mol. The average molecular weight is 1050 g/mol. The highest BCUT2D eigenvalue weighted by atomic mass is 31.2. The van der Waals surface area contributed by atoms with Gasteiger partial charge in [-0.15, -0.1) is 0 Å². The van der Waals surface area contributed by atoms with Gasteiger partial charge < -0.3 is 27.9 Å². The van der Waals surface area contributed by atoms with Gasteiger partial charge in [-0.05, 0) is 116 Å². The number of phosphoric acid groups is 1. The van der Waals surface area contributed by atoms with Gasteiger partial charge in [0.05, 0.1) is 27.7 Å². The van der Waals surface area contributed by atoms with Gasteiger partial charge in [-0.25, -0.2) is 0 Å². The van der Waals surface area contributed by atoms with Gasteiger partial charge in [-0.3, -0.25) is 14.2 Å². The summed E-state index contributed by atoms with van der Waals surface area (Å²) in [6.07, 6.45) is 79.1. The van der Waals surface area contributed by atoms with Gasteiger partial charge in [-0.1, -0.05) is 211 Å². The molecule has 2 unspecified atom stereocenters. The molecule has 0 heterocycles. The number of esters is 2. The highest BCUT2D eigenvalue weighted by Crippen LogP contribution is 2.38. The van der Waals surface area contributed by atoms with E-state index in [0.717, 1.165) is 122 Å². The lowest BCUT2D eigenvalue weighted by molar-refractivity contribution is -0.870. The second-order valence-electron chi connectivity index (χ2n) is 19.5. The van der Waals surface area contributed by atoms with Crippen LogP contribution in [0.1, 0.15) is 194 Å². The highest BCUT2D eigenvalue weighted by Gasteiger charge is 2.21. The number of carbonyl (C=O) groups is 2. The quantitative estimate of drug-likeness (QED) is 0.0195. The number of allylic oxidation sites excluding steroid dienone is 24. The number of quaternary nitrogens is 1. The summed E-state index contributed by atoms with van der Waals surface area (Å²) in [5, 5.41) is 0. The molecule has 9 nitrogen and oxygen atoms in total. The fourth-order valence-electron chi connectivity index (χ4n) is 7.01. The van der Waals surface area contributed by atoms with E-state index < -0.39 is 32.5 Å². The van der Waals surface area contributed by atoms with Crippen molar-refractivity contribution in [3.05, 3.63) is 146 Å². The van der Waals surface area contributed by atoms with E-state index >= 15 is 0 Å². The lowest BCUT2D eigenvalue weighted by Gasteiger charge is -2.28. The number of rotatable bonds is 50. The summed E-state index contributed by atoms with van der Waals surface area (Å²) >= 11 is 0. The van der Waals surface area contributed by atoms with E-state index in [1.807, 2.05) is 21.1 Å². The van der Waals surface area contributed by atoms with E-state index in [1.165, 1.54) is 32.1 Å². The molecule has 0 amide bonds. The molecule has 74 heavy (non-hydrogen) atoms. The van der Waals surface area contributed by atoms with E-state index in [4.69, 9.17) is 18.5 Å². The summed E-state index contributed by atoms with van der Waals surface area (Å²) in [6.45, 7) is 3.93. The van der Waals surface area contributed by atoms with Crippen LogP contribution in [-0.2, 0) is 32.7 Å². The van der Waals surface area contributed by atoms with Crippen molar-refractivity contribution in [3.8, 4) is 0 Å². The Hall–Kier alpha value is -4.11. The minimum absolute atomic E-state index is 0.0447. The zero-order chi connectivity index (χ0) is 54.2. The standard InChI is InChI=1S/C64H104NO8P/c1-6-8-10-12-14-16-18-20-21-22-23-24-25-26-27-28-29-30-31-32-33-34-35-36-37-38-39-40-41-42-43-45-47-49-51-53-55-57-64(67)73-62(61-72-74(68,69)71-59-58-65(3,4)5)60-70-63(66)56-54-52-50-48-46-44-19-17-15-13-11-9-7-2/h8-11,14-17,20-21,23-24,26-27,29-30,32-33,35-36,38-39,44,46,62H,6-7,12-13,18-19,22,25,28,31,34,37,40-43,45,47-61H2,1-5H3/b10-8-,11-9-,16-14-,17-15-,21-20-,24-23-,27-26-,30-29-,33-32-,36-35-,39-38-,46-44-. The second kappa shape index (κ2) is 53.7. The zero-order valence-corrected chi connectivity index (χ0v) is 48.1. The summed E-state index contributed by atoms with van der Waals surface area (Å²) in [4.78, 5) is 37.7. The van der Waals surface area contributed by atoms with Crippen molar-refractivity contribution in [2.24, 2.45) is 0 Å². The first-order chi connectivity index (χ1) is 36.0. The van der Waals surface area contributed by atoms with Crippen LogP contribution in [0, 0.1) is 0 Å². The van der Waals surface area contributed by atoms with Crippen molar-refractivity contribution in [3.63, 3.8) is 0 Å². The molecule has 418 valence electrons. The van der Waals surface area contributed by atoms with Crippen molar-refractivity contribution in [2.45, 2.75) is 200 Å². The summed E-state index contributed by atoms with van der Waals surface area (Å²) < 4.78 is 34.0. The zero-order valence-electron chi connectivity index (χ0n) is 47.2. The molecule has 0 N–H and O–H groups in total. The smallest absolute Gasteiger partial charge is 0.306 e. The highest BCUT2D eigenvalue weighted by molar-refractivity contribution is 7.45. The number of phosphoric ester groups is 1. The van der Waals surface area contributed by atoms with Crippen LogP contribution in [0.2, 0.25) is 0 Å². The van der Waals surface area contributed by atoms with Crippen LogP contribution >= 0.6 is 7.82 Å². The van der Waals surface area contributed by atoms with Gasteiger partial charge in [0.25, 0.3) is 7.82 Å². The molecule has 0 saturated heterocycles. The van der Waals surface area contributed by atoms with Gasteiger partial charge in [0, 0.05) is 12.8 Å². The first-order valence-corrected chi connectivity index (χ1v) is 30.0. The lowest BCUT2D eigenvalue weighted by atomic mass is 10.1. The predicted octanol–water partition coefficient (Wildman–Crippen LogP) is 17.3. The molecule has 0 aliphatic rings. The Labute approximate surface area is 453 Å². The molecule has 0 bridgehead atoms. The SMILES string of the molecule is CC/C=C\C/C=C\C/C=C\C/C=C\C/C=C\C/C=C\C/C=C\C/C=C\C/C=C\CCCCCCCCCCCC(=O)OC(COC(=O)CCCCC/C=C\C/C=C\C/C=C\CC)COP(=O)([O-])OCC[N+](C)(C)C. The van der Waals surface area contributed by atoms with E-state index in [9.17, 15) is 19.0 Å². The molecule has 0 aliphatic carbocycles. The van der Waals surface area contributed by atoms with Crippen LogP contribution in [-0.4, -0.2) is 70.0 Å². The molecule has 0 aromatic carbocycles. The fraction of sp³-hybridized carbons (Fsp3) is 0.594. The Morgan fingerprint density at radius 1 is 0.419 bits per heavy atom. The molecule has 0 aromatic rings. The van der Waals surface area contributed by atoms with E-state index in [-0.39, 0.29) is 26.1 Å². The largest absolute Gasteiger partial charge is 0.756 e. The first kappa shape index (κ1) is 69.9. The fourth-order valence-corrected chi connectivity index (χ4v) is 7.74. The predicted molar refractivity (Wildman–Crippen MR) is 314 cm³/mol. The van der Waals surface area contributed by atoms with Gasteiger partial charge >= 0.3 is 11.9 Å². The number of hydrogen-bond acceptors (Lipinski definition) is 8. The lowest BCUT2D eigenvalue weighted by Crippen LogP contribution is -2.37. The Bertz CT molecular complexity index is 1760. The molecule has 0 fully saturated rings. The molecule has 0 rings (SSSR count).